The summed E-state index contributed by atoms with van der Waals surface area (Å²) in [6, 6.07) is 67.4. The molecule has 0 bridgehead atoms. The molecule has 0 aliphatic heterocycles. The van der Waals surface area contributed by atoms with Crippen LogP contribution in [0, 0.1) is 0 Å². The van der Waals surface area contributed by atoms with Crippen LogP contribution >= 0.6 is 0 Å². The van der Waals surface area contributed by atoms with Crippen molar-refractivity contribution in [1.82, 2.24) is 0 Å². The van der Waals surface area contributed by atoms with Gasteiger partial charge in [-0.25, -0.2) is 0 Å². The Kier molecular flexibility index (Phi) is 7.03. The van der Waals surface area contributed by atoms with Crippen LogP contribution in [0.5, 0.6) is 0 Å². The van der Waals surface area contributed by atoms with Crippen molar-refractivity contribution in [3.05, 3.63) is 220 Å². The average Bonchev–Trinajstić information content (AvgIpc) is 3.87. The maximum atomic E-state index is 2.62. The van der Waals surface area contributed by atoms with Crippen molar-refractivity contribution in [1.29, 1.82) is 0 Å². The van der Waals surface area contributed by atoms with Gasteiger partial charge in [0.05, 0.1) is 0 Å². The summed E-state index contributed by atoms with van der Waals surface area (Å²) in [6.45, 7) is 4.79. The van der Waals surface area contributed by atoms with Gasteiger partial charge >= 0.3 is 364 Å². The van der Waals surface area contributed by atoms with Gasteiger partial charge in [-0.3, -0.25) is 0 Å². The molecule has 0 amide bonds. The Hall–Kier alpha value is -4.60. The van der Waals surface area contributed by atoms with E-state index in [1.54, 1.807) is 0 Å². The summed E-state index contributed by atoms with van der Waals surface area (Å²) >= 11 is 2.15. The van der Waals surface area contributed by atoms with Crippen LogP contribution in [0.2, 0.25) is 0 Å². The van der Waals surface area contributed by atoms with Gasteiger partial charge in [0.15, 0.2) is 0 Å². The molecule has 12 rings (SSSR count). The molecule has 0 saturated carbocycles. The van der Waals surface area contributed by atoms with Gasteiger partial charge in [0.25, 0.3) is 0 Å². The fourth-order valence-corrected chi connectivity index (χ4v) is 14.3. The zero-order valence-electron chi connectivity index (χ0n) is 31.2. The molecule has 0 aromatic heterocycles. The average molecular weight is 1100 g/mol. The predicted molar refractivity (Wildman–Crippen MR) is 233 cm³/mol. The molecule has 0 heterocycles. The van der Waals surface area contributed by atoms with Crippen LogP contribution in [-0.4, -0.2) is 51.5 Å². The third kappa shape index (κ3) is 4.18. The van der Waals surface area contributed by atoms with Crippen LogP contribution in [-0.2, 0) is 11.4 Å². The fraction of sp³-hybridized carbons (Fsp3) is 0.0943. The number of anilines is 3. The first kappa shape index (κ1) is 33.5. The molecule has 8 aromatic rings. The van der Waals surface area contributed by atoms with Crippen molar-refractivity contribution < 1.29 is 0 Å². The van der Waals surface area contributed by atoms with Crippen molar-refractivity contribution in [2.75, 3.05) is 4.90 Å². The maximum absolute atomic E-state index is 2.62. The normalized spacial score (nSPS) is 15.9. The van der Waals surface area contributed by atoms with E-state index >= 15 is 0 Å². The SMILES string of the molecule is CC1(C)c2ccccc2-c2ccc(N(c3ccc4c(c3)[C]([Pb])([Pb])c3ccccc3-4)c3cccc4c3C3(c5ccccc5-c5ccccc53)c3ccccc3-4)cc21. The first-order chi connectivity index (χ1) is 27.3. The molecule has 0 unspecified atom stereocenters. The summed E-state index contributed by atoms with van der Waals surface area (Å²) in [7, 11) is 0. The van der Waals surface area contributed by atoms with Crippen LogP contribution in [0.25, 0.3) is 44.5 Å². The van der Waals surface area contributed by atoms with E-state index in [0.29, 0.717) is 0 Å². The molecule has 3 heteroatoms. The minimum atomic E-state index is -0.466. The Balaban J connectivity index is 1.18. The Morgan fingerprint density at radius 1 is 0.357 bits per heavy atom. The Bertz CT molecular complexity index is 2840. The molecule has 4 aliphatic carbocycles. The molecule has 0 atom stereocenters. The number of benzene rings is 8. The standard InChI is InChI=1S/C53H35N.2Pb/c1-52(2)45-21-9-5-16-39(45)43-29-27-36(32-49(43)52)54(35-26-28-38-34(31-35)30-33-14-3-4-15-37(33)38)50-25-13-20-44-42-19-8-12-24-48(42)53(51(44)50)46-22-10-6-17-40(46)41-18-7-11-23-47(41)53;;/h3-29,31-32H,1-2H3;;. The van der Waals surface area contributed by atoms with E-state index in [2.05, 4.69) is 195 Å². The summed E-state index contributed by atoms with van der Waals surface area (Å²) in [4.78, 5) is 2.62. The van der Waals surface area contributed by atoms with Gasteiger partial charge in [-0.05, 0) is 0 Å². The van der Waals surface area contributed by atoms with Crippen LogP contribution in [0.3, 0.4) is 0 Å². The Morgan fingerprint density at radius 2 is 0.750 bits per heavy atom. The number of rotatable bonds is 3. The van der Waals surface area contributed by atoms with Crippen molar-refractivity contribution in [3.8, 4) is 44.5 Å². The van der Waals surface area contributed by atoms with E-state index in [9.17, 15) is 0 Å². The summed E-state index contributed by atoms with van der Waals surface area (Å²) < 4.78 is 0.147. The van der Waals surface area contributed by atoms with E-state index in [1.165, 1.54) is 106 Å². The van der Waals surface area contributed by atoms with Gasteiger partial charge in [-0.1, -0.05) is 0 Å². The van der Waals surface area contributed by atoms with Crippen molar-refractivity contribution in [3.63, 3.8) is 0 Å². The molecule has 0 fully saturated rings. The molecule has 1 nitrogen and oxygen atoms in total. The van der Waals surface area contributed by atoms with Crippen LogP contribution in [0.15, 0.2) is 176 Å². The van der Waals surface area contributed by atoms with Gasteiger partial charge < -0.3 is 0 Å². The van der Waals surface area contributed by atoms with E-state index < -0.39 is 5.41 Å². The van der Waals surface area contributed by atoms with Crippen molar-refractivity contribution in [2.45, 2.75) is 25.2 Å². The monoisotopic (exact) mass is 1100 g/mol. The summed E-state index contributed by atoms with van der Waals surface area (Å²) in [6.07, 6.45) is 0. The zero-order chi connectivity index (χ0) is 37.6. The first-order valence-corrected chi connectivity index (χ1v) is 23.4. The number of nitrogens with zero attached hydrogens (tertiary/aromatic N) is 1. The summed E-state index contributed by atoms with van der Waals surface area (Å²) in [5.74, 6) is 0. The third-order valence-corrected chi connectivity index (χ3v) is 17.5. The van der Waals surface area contributed by atoms with Gasteiger partial charge in [0, 0.05) is 0 Å². The zero-order valence-corrected chi connectivity index (χ0v) is 39.0. The molecule has 260 valence electrons. The number of hydrogen-bond acceptors (Lipinski definition) is 1. The van der Waals surface area contributed by atoms with Crippen LogP contribution in [0.4, 0.5) is 17.1 Å². The second-order valence-corrected chi connectivity index (χ2v) is 29.7. The number of hydrogen-bond donors (Lipinski definition) is 0. The van der Waals surface area contributed by atoms with Gasteiger partial charge in [0.2, 0.25) is 0 Å². The third-order valence-electron chi connectivity index (χ3n) is 13.3. The van der Waals surface area contributed by atoms with E-state index in [0.717, 1.165) is 51.5 Å². The van der Waals surface area contributed by atoms with Gasteiger partial charge in [-0.2, -0.15) is 0 Å². The molecular formula is C53H35NPb2. The van der Waals surface area contributed by atoms with Crippen molar-refractivity contribution >= 4 is 68.6 Å². The predicted octanol–water partition coefficient (Wildman–Crippen LogP) is 12.3. The minimum absolute atomic E-state index is 0.119. The molecular weight excluding hydrogens is 1060 g/mol. The topological polar surface area (TPSA) is 3.24 Å². The molecule has 1 spiro atoms. The van der Waals surface area contributed by atoms with E-state index in [4.69, 9.17) is 0 Å². The summed E-state index contributed by atoms with van der Waals surface area (Å²) in [5, 5.41) is 0. The summed E-state index contributed by atoms with van der Waals surface area (Å²) in [5.41, 5.74) is 25.2. The molecule has 8 aromatic carbocycles. The molecule has 0 N–H and O–H groups in total. The van der Waals surface area contributed by atoms with Crippen molar-refractivity contribution in [2.24, 2.45) is 0 Å². The molecule has 6 radical (unpaired) electrons. The van der Waals surface area contributed by atoms with Gasteiger partial charge in [-0.15, -0.1) is 0 Å². The quantitative estimate of drug-likeness (QED) is 0.159. The Morgan fingerprint density at radius 3 is 1.32 bits per heavy atom. The first-order valence-electron chi connectivity index (χ1n) is 19.5. The molecule has 56 heavy (non-hydrogen) atoms. The second kappa shape index (κ2) is 11.7. The van der Waals surface area contributed by atoms with Crippen LogP contribution < -0.4 is 4.90 Å². The Labute approximate surface area is 360 Å². The van der Waals surface area contributed by atoms with E-state index in [1.807, 2.05) is 0 Å². The number of fused-ring (bicyclic) bond motifs is 16. The van der Waals surface area contributed by atoms with E-state index in [-0.39, 0.29) is 5.95 Å². The molecule has 4 aliphatic rings. The van der Waals surface area contributed by atoms with Crippen LogP contribution in [0.1, 0.15) is 58.4 Å². The fourth-order valence-electron chi connectivity index (χ4n) is 11.0. The molecule has 0 saturated heterocycles. The van der Waals surface area contributed by atoms with Gasteiger partial charge in [0.1, 0.15) is 0 Å². The second-order valence-electron chi connectivity index (χ2n) is 16.3.